The lowest BCUT2D eigenvalue weighted by molar-refractivity contribution is -0.147. The SMILES string of the molecule is CC(C)C[C@H](NC(=O)CNC(=O)[C@H](CCCN=C(N)N)NC(=O)[C@H](CCCCN)NC(=O)[C@@H](N)C(C)C)C(=O)N[C@@H](CCCCN)C(=O)N[C@@H](CC(C)C)C(=O)N[C@@H](CC(C)C)C(=O)N[C@@H](CCCN=C(N)N)C(=O)N[C@@H](CCCCN)C(=O)N[C@@H](CCCN=C(N)N)C(=O)N[C@@H](CC(C)C)C(=O)N[C@@H](CC(C)C)C(=O)N[C@@H](CCCN=C(N)N)C(=O)N[C@@H](CC(=O)O)C(=O)O. The van der Waals surface area contributed by atoms with Crippen LogP contribution in [-0.4, -0.2) is 266 Å². The van der Waals surface area contributed by atoms with E-state index in [1.54, 1.807) is 83.1 Å². The third kappa shape index (κ3) is 54.0. The minimum absolute atomic E-state index is 0.00755. The molecule has 14 atom stereocenters. The van der Waals surface area contributed by atoms with E-state index in [4.69, 9.17) is 68.8 Å². The maximum absolute atomic E-state index is 15.0. The van der Waals surface area contributed by atoms with Crippen molar-refractivity contribution in [2.24, 2.45) is 124 Å². The average Bonchev–Trinajstić information content (AvgIpc) is 0.848. The summed E-state index contributed by atoms with van der Waals surface area (Å²) in [5.74, 6) is -17.9. The molecule has 0 aliphatic heterocycles. The number of rotatable bonds is 70. The van der Waals surface area contributed by atoms with Crippen LogP contribution >= 0.6 is 0 Å². The van der Waals surface area contributed by atoms with E-state index >= 15 is 0 Å². The second-order valence-electron chi connectivity index (χ2n) is 35.1. The zero-order valence-corrected chi connectivity index (χ0v) is 78.6. The molecular formula is C83H158N30O18. The third-order valence-corrected chi connectivity index (χ3v) is 20.2. The highest BCUT2D eigenvalue weighted by Gasteiger charge is 2.39. The van der Waals surface area contributed by atoms with Gasteiger partial charge < -0.3 is 153 Å². The number of carboxylic acid groups (broad SMARTS) is 2. The van der Waals surface area contributed by atoms with E-state index in [0.29, 0.717) is 38.6 Å². The quantitative estimate of drug-likeness (QED) is 0.0153. The summed E-state index contributed by atoms with van der Waals surface area (Å²) >= 11 is 0. The van der Waals surface area contributed by atoms with Gasteiger partial charge in [-0.2, -0.15) is 0 Å². The first-order valence-electron chi connectivity index (χ1n) is 45.2. The fourth-order valence-electron chi connectivity index (χ4n) is 13.4. The van der Waals surface area contributed by atoms with Gasteiger partial charge in [-0.3, -0.25) is 91.9 Å². The topological polar surface area (TPSA) is 844 Å². The summed E-state index contributed by atoms with van der Waals surface area (Å²) in [5.41, 5.74) is 68.3. The molecule has 0 fully saturated rings. The summed E-state index contributed by atoms with van der Waals surface area (Å²) in [5, 5.41) is 56.1. The Hall–Kier alpha value is -11.6. The van der Waals surface area contributed by atoms with E-state index in [0.717, 1.165) is 0 Å². The van der Waals surface area contributed by atoms with Crippen molar-refractivity contribution in [2.75, 3.05) is 52.4 Å². The van der Waals surface area contributed by atoms with Gasteiger partial charge in [0.2, 0.25) is 82.7 Å². The molecule has 131 heavy (non-hydrogen) atoms. The number of aliphatic carboxylic acids is 2. The largest absolute Gasteiger partial charge is 0.481 e. The molecule has 48 heteroatoms. The number of carbonyl (C=O) groups excluding carboxylic acids is 14. The van der Waals surface area contributed by atoms with E-state index in [1.807, 2.05) is 0 Å². The van der Waals surface area contributed by atoms with Gasteiger partial charge in [-0.1, -0.05) is 83.1 Å². The highest BCUT2D eigenvalue weighted by atomic mass is 16.4. The van der Waals surface area contributed by atoms with Crippen molar-refractivity contribution in [2.45, 2.75) is 315 Å². The fraction of sp³-hybridized carbons (Fsp3) is 0.759. The Bertz CT molecular complexity index is 3720. The Morgan fingerprint density at radius 1 is 0.260 bits per heavy atom. The van der Waals surface area contributed by atoms with Crippen LogP contribution in [0.1, 0.15) is 231 Å². The third-order valence-electron chi connectivity index (χ3n) is 20.2. The van der Waals surface area contributed by atoms with Gasteiger partial charge >= 0.3 is 11.9 Å². The minimum atomic E-state index is -1.90. The zero-order chi connectivity index (χ0) is 99.7. The lowest BCUT2D eigenvalue weighted by Gasteiger charge is -2.29. The molecule has 40 N–H and O–H groups in total. The first kappa shape index (κ1) is 119. The van der Waals surface area contributed by atoms with Crippen LogP contribution in [0.3, 0.4) is 0 Å². The molecule has 0 aromatic heterocycles. The number of aliphatic imine (C=N–C) groups is 4. The van der Waals surface area contributed by atoms with Gasteiger partial charge in [0.15, 0.2) is 23.8 Å². The molecule has 0 radical (unpaired) electrons. The molecule has 748 valence electrons. The number of hydrogen-bond donors (Lipinski definition) is 28. The molecule has 0 saturated heterocycles. The summed E-state index contributed by atoms with van der Waals surface area (Å²) in [6, 6.07) is -19.5. The Kier molecular flexibility index (Phi) is 60.1. The first-order chi connectivity index (χ1) is 61.5. The number of carbonyl (C=O) groups is 16. The number of amides is 14. The smallest absolute Gasteiger partial charge is 0.326 e. The molecule has 48 nitrogen and oxygen atoms in total. The van der Waals surface area contributed by atoms with Crippen molar-refractivity contribution in [3.63, 3.8) is 0 Å². The maximum atomic E-state index is 15.0. The monoisotopic (exact) mass is 1860 g/mol. The summed E-state index contributed by atoms with van der Waals surface area (Å²) in [6.45, 7) is 21.0. The molecule has 0 bridgehead atoms. The fourth-order valence-corrected chi connectivity index (χ4v) is 13.4. The normalized spacial score (nSPS) is 14.5. The predicted octanol–water partition coefficient (Wildman–Crippen LogP) is -6.22. The molecule has 0 aromatic rings. The Balaban J connectivity index is 7.57. The molecule has 0 aliphatic rings. The van der Waals surface area contributed by atoms with Gasteiger partial charge in [-0.05, 0) is 196 Å². The Labute approximate surface area is 768 Å². The first-order valence-corrected chi connectivity index (χ1v) is 45.2. The van der Waals surface area contributed by atoms with Gasteiger partial charge in [-0.15, -0.1) is 0 Å². The number of hydrogen-bond acceptors (Lipinski definition) is 24. The van der Waals surface area contributed by atoms with Crippen molar-refractivity contribution in [1.82, 2.24) is 74.4 Å². The maximum Gasteiger partial charge on any atom is 0.326 e. The predicted molar refractivity (Wildman–Crippen MR) is 496 cm³/mol. The molecule has 0 aliphatic carbocycles. The standard InChI is InChI=1S/C83H158N30O18/c1-44(2)37-57(101-63(114)43-100-66(117)50(26-19-33-96-80(88)89)102-68(119)53(25-15-18-32-86)108-78(129)65(87)49(11)12)73(124)105-52(24-14-17-31-85)70(121)109-60(40-47(7)8)76(127)111-58(38-45(3)4)74(125)106-54(27-20-34-97-81(90)91)69(120)103-51(23-13-16-30-84)67(118)104-55(28-21-35-98-82(92)93)71(122)110-61(41-48(9)10)77(128)112-59(39-46(5)6)75(126)107-56(29-22-36-99-83(94)95)72(123)113-62(79(130)131)42-64(115)116/h44-62,65H,13-43,84-87H2,1-12H3,(H,100,117)(H,101,114)(H,102,119)(H,103,120)(H,104,118)(H,105,124)(H,106,125)(H,107,126)(H,108,129)(H,109,121)(H,110,122)(H,111,127)(H,112,128)(H,113,123)(H,115,116)(H,130,131)(H4,88,89,96)(H4,90,91,97)(H4,92,93,98)(H4,94,95,99)/t50-,51-,52-,53-,54-,55-,56-,57-,58-,59-,60-,61-,62-,65-/m0/s1. The highest BCUT2D eigenvalue weighted by Crippen LogP contribution is 2.18. The molecule has 0 heterocycles. The number of nitrogens with zero attached hydrogens (tertiary/aromatic N) is 4. The van der Waals surface area contributed by atoms with Gasteiger partial charge in [-0.25, -0.2) is 4.79 Å². The number of guanidine groups is 4. The number of nitrogens with one attached hydrogen (secondary N) is 14. The molecular weight excluding hydrogens is 1710 g/mol. The minimum Gasteiger partial charge on any atom is -0.481 e. The van der Waals surface area contributed by atoms with Gasteiger partial charge in [0.25, 0.3) is 0 Å². The summed E-state index contributed by atoms with van der Waals surface area (Å²) < 4.78 is 0. The van der Waals surface area contributed by atoms with Crippen molar-refractivity contribution in [3.8, 4) is 0 Å². The van der Waals surface area contributed by atoms with Crippen molar-refractivity contribution >= 4 is 118 Å². The van der Waals surface area contributed by atoms with Crippen LogP contribution in [0.4, 0.5) is 0 Å². The van der Waals surface area contributed by atoms with E-state index < -0.39 is 192 Å². The van der Waals surface area contributed by atoms with Crippen LogP contribution in [0.2, 0.25) is 0 Å². The molecule has 0 spiro atoms. The van der Waals surface area contributed by atoms with E-state index in [2.05, 4.69) is 94.4 Å². The average molecular weight is 1860 g/mol. The summed E-state index contributed by atoms with van der Waals surface area (Å²) in [4.78, 5) is 241. The van der Waals surface area contributed by atoms with Gasteiger partial charge in [0.1, 0.15) is 78.5 Å². The van der Waals surface area contributed by atoms with E-state index in [1.165, 1.54) is 0 Å². The van der Waals surface area contributed by atoms with Crippen molar-refractivity contribution < 1.29 is 86.9 Å². The lowest BCUT2D eigenvalue weighted by Crippen LogP contribution is -2.61. The molecule has 0 rings (SSSR count). The van der Waals surface area contributed by atoms with Crippen LogP contribution in [0.5, 0.6) is 0 Å². The van der Waals surface area contributed by atoms with Crippen LogP contribution in [0.15, 0.2) is 20.0 Å². The van der Waals surface area contributed by atoms with Crippen molar-refractivity contribution in [1.29, 1.82) is 0 Å². The van der Waals surface area contributed by atoms with E-state index in [-0.39, 0.29) is 208 Å². The molecule has 0 unspecified atom stereocenters. The number of carboxylic acids is 2. The van der Waals surface area contributed by atoms with E-state index in [9.17, 15) is 86.9 Å². The van der Waals surface area contributed by atoms with Crippen LogP contribution in [-0.2, 0) is 76.7 Å². The second kappa shape index (κ2) is 65.9. The Morgan fingerprint density at radius 2 is 0.458 bits per heavy atom. The number of nitrogens with two attached hydrogens (primary N) is 12. The lowest BCUT2D eigenvalue weighted by atomic mass is 9.98. The van der Waals surface area contributed by atoms with Crippen LogP contribution in [0.25, 0.3) is 0 Å². The summed E-state index contributed by atoms with van der Waals surface area (Å²) in [6.07, 6.45) is 0.906. The Morgan fingerprint density at radius 3 is 0.664 bits per heavy atom. The van der Waals surface area contributed by atoms with Crippen LogP contribution < -0.4 is 143 Å². The summed E-state index contributed by atoms with van der Waals surface area (Å²) in [7, 11) is 0. The molecule has 0 aromatic carbocycles. The van der Waals surface area contributed by atoms with Gasteiger partial charge in [0.05, 0.1) is 19.0 Å². The van der Waals surface area contributed by atoms with Crippen molar-refractivity contribution in [3.05, 3.63) is 0 Å². The number of unbranched alkanes of at least 4 members (excludes halogenated alkanes) is 3. The second-order valence-corrected chi connectivity index (χ2v) is 35.1. The van der Waals surface area contributed by atoms with Crippen LogP contribution in [0, 0.1) is 35.5 Å². The molecule has 0 saturated carbocycles. The van der Waals surface area contributed by atoms with Gasteiger partial charge in [0, 0.05) is 26.2 Å². The molecule has 14 amide bonds. The zero-order valence-electron chi connectivity index (χ0n) is 78.6. The highest BCUT2D eigenvalue weighted by molar-refractivity contribution is 6.00.